The van der Waals surface area contributed by atoms with E-state index in [1.165, 1.54) is 51.8 Å². The minimum atomic E-state index is -4.83. The lowest BCUT2D eigenvalue weighted by atomic mass is 9.98. The summed E-state index contributed by atoms with van der Waals surface area (Å²) in [7, 11) is 3.05. The van der Waals surface area contributed by atoms with Gasteiger partial charge in [0.05, 0.1) is 52.6 Å². The molecule has 1 unspecified atom stereocenters. The Morgan fingerprint density at radius 1 is 0.747 bits per heavy atom. The first kappa shape index (κ1) is 65.8. The molecule has 1 atom stereocenters. The molecule has 3 N–H and O–H groups in total. The van der Waals surface area contributed by atoms with Gasteiger partial charge in [-0.2, -0.15) is 18.2 Å². The standard InChI is InChI=1S/C69H72F3N13O10/c1-9-73-63(88)62-78-77-61(52-35-50(41(2)3)57(86)36-58(52)87)85(62)47-16-10-43(11-17-47)40-80-24-26-82(27-25-80)64(89)46(38-76-65(90)95-68(4,5)6)32-42-12-19-49(20-13-42)94-67(92)83-30-28-81(29-31-83)55-22-18-48(34-53(55)69(70,71)72)84-60-51-33-44(45-15-23-59(93-8)75-37-45)14-21-54(51)74-39-56(60)79(7)66(84)91/h10-23,33-39,41,46,86-87H,9,24-32,40H2,1-8H3,(H,73,88)/b76-38-. The van der Waals surface area contributed by atoms with E-state index in [4.69, 9.17) is 14.2 Å². The molecule has 5 aromatic carbocycles. The summed E-state index contributed by atoms with van der Waals surface area (Å²) < 4.78 is 66.1. The number of aryl methyl sites for hydroxylation is 1. The lowest BCUT2D eigenvalue weighted by Crippen LogP contribution is -2.50. The fraction of sp³-hybridized carbons (Fsp3) is 0.333. The van der Waals surface area contributed by atoms with Crippen molar-refractivity contribution in [1.82, 2.24) is 53.9 Å². The van der Waals surface area contributed by atoms with E-state index >= 15 is 13.2 Å². The first-order valence-corrected chi connectivity index (χ1v) is 31.1. The number of piperazine rings is 2. The van der Waals surface area contributed by atoms with E-state index in [9.17, 15) is 34.2 Å². The van der Waals surface area contributed by atoms with Crippen LogP contribution < -0.4 is 25.4 Å². The van der Waals surface area contributed by atoms with Crippen molar-refractivity contribution in [2.75, 3.05) is 70.9 Å². The highest BCUT2D eigenvalue weighted by molar-refractivity contribution is 6.05. The number of phenols is 2. The second-order valence-electron chi connectivity index (χ2n) is 24.6. The topological polar surface area (TPSA) is 257 Å². The molecule has 9 aromatic rings. The first-order chi connectivity index (χ1) is 45.4. The predicted molar refractivity (Wildman–Crippen MR) is 351 cm³/mol. The number of hydrogen-bond acceptors (Lipinski definition) is 16. The maximum absolute atomic E-state index is 15.2. The normalized spacial score (nSPS) is 14.5. The Morgan fingerprint density at radius 2 is 1.43 bits per heavy atom. The summed E-state index contributed by atoms with van der Waals surface area (Å²) in [6.07, 6.45) is -1.78. The minimum Gasteiger partial charge on any atom is -0.508 e. The van der Waals surface area contributed by atoms with Gasteiger partial charge in [-0.25, -0.2) is 19.4 Å². The third kappa shape index (κ3) is 14.3. The Balaban J connectivity index is 0.728. The van der Waals surface area contributed by atoms with Crippen LogP contribution in [-0.2, 0) is 35.7 Å². The zero-order valence-corrected chi connectivity index (χ0v) is 53.7. The van der Waals surface area contributed by atoms with Crippen LogP contribution in [0.3, 0.4) is 0 Å². The molecule has 23 nitrogen and oxygen atoms in total. The second kappa shape index (κ2) is 27.1. The highest BCUT2D eigenvalue weighted by atomic mass is 19.4. The lowest BCUT2D eigenvalue weighted by molar-refractivity contribution is -0.137. The molecule has 0 saturated carbocycles. The van der Waals surface area contributed by atoms with E-state index in [0.717, 1.165) is 22.8 Å². The van der Waals surface area contributed by atoms with Crippen molar-refractivity contribution in [3.63, 3.8) is 0 Å². The van der Waals surface area contributed by atoms with Crippen LogP contribution in [0.5, 0.6) is 23.1 Å². The van der Waals surface area contributed by atoms with Crippen LogP contribution in [0.1, 0.15) is 80.3 Å². The van der Waals surface area contributed by atoms with Gasteiger partial charge in [0.1, 0.15) is 22.8 Å². The largest absolute Gasteiger partial charge is 0.508 e. The van der Waals surface area contributed by atoms with Crippen molar-refractivity contribution in [3.8, 4) is 57.0 Å². The van der Waals surface area contributed by atoms with Gasteiger partial charge < -0.3 is 44.4 Å². The number of ether oxygens (including phenoxy) is 3. The molecule has 2 saturated heterocycles. The molecule has 0 aliphatic carbocycles. The molecule has 95 heavy (non-hydrogen) atoms. The fourth-order valence-electron chi connectivity index (χ4n) is 11.8. The number of hydrogen-bond donors (Lipinski definition) is 3. The average Bonchev–Trinajstić information content (AvgIpc) is 1.62. The van der Waals surface area contributed by atoms with Crippen LogP contribution in [0, 0.1) is 5.92 Å². The zero-order chi connectivity index (χ0) is 67.6. The monoisotopic (exact) mass is 1300 g/mol. The highest BCUT2D eigenvalue weighted by Crippen LogP contribution is 2.41. The SMILES string of the molecule is CCNC(=O)c1nnc(-c2cc(C(C)C)c(O)cc2O)n1-c1ccc(CN2CCN(C(=O)C(/C=N\C(=O)OC(C)(C)C)Cc3ccc(OC(=O)N4CCN(c5ccc(-n6c(=O)n(C)c7cnc8ccc(-c9ccc(OC)nc9)cc8c76)cc5C(F)(F)F)CC4)cc3)CC2)cc1. The summed E-state index contributed by atoms with van der Waals surface area (Å²) in [5.41, 5.74) is 3.44. The van der Waals surface area contributed by atoms with Crippen LogP contribution >= 0.6 is 0 Å². The summed E-state index contributed by atoms with van der Waals surface area (Å²) in [6, 6.07) is 29.8. The molecule has 6 heterocycles. The van der Waals surface area contributed by atoms with E-state index in [1.54, 1.807) is 97.8 Å². The van der Waals surface area contributed by atoms with Gasteiger partial charge in [0.2, 0.25) is 17.6 Å². The zero-order valence-electron chi connectivity index (χ0n) is 53.7. The number of pyridine rings is 2. The number of amides is 4. The number of carbonyl (C=O) groups is 4. The van der Waals surface area contributed by atoms with Crippen molar-refractivity contribution < 1.29 is 56.8 Å². The summed E-state index contributed by atoms with van der Waals surface area (Å²) in [4.78, 5) is 87.9. The maximum atomic E-state index is 15.2. The summed E-state index contributed by atoms with van der Waals surface area (Å²) in [5, 5.41) is 33.4. The number of nitrogens with one attached hydrogen (secondary N) is 1. The molecule has 2 aliphatic rings. The van der Waals surface area contributed by atoms with Gasteiger partial charge in [0.25, 0.3) is 5.91 Å². The summed E-state index contributed by atoms with van der Waals surface area (Å²) >= 11 is 0. The van der Waals surface area contributed by atoms with Crippen LogP contribution in [0.4, 0.5) is 28.4 Å². The Labute approximate surface area is 544 Å². The molecular formula is C69H72F3N13O10. The minimum absolute atomic E-state index is 0.00647. The third-order valence-corrected chi connectivity index (χ3v) is 16.7. The number of alkyl halides is 3. The van der Waals surface area contributed by atoms with E-state index in [0.29, 0.717) is 89.5 Å². The van der Waals surface area contributed by atoms with Gasteiger partial charge in [-0.1, -0.05) is 44.2 Å². The Hall–Kier alpha value is -10.6. The van der Waals surface area contributed by atoms with Gasteiger partial charge in [-0.05, 0) is 129 Å². The second-order valence-corrected chi connectivity index (χ2v) is 24.6. The molecule has 26 heteroatoms. The van der Waals surface area contributed by atoms with Crippen molar-refractivity contribution in [1.29, 1.82) is 0 Å². The molecule has 0 bridgehead atoms. The highest BCUT2D eigenvalue weighted by Gasteiger charge is 2.38. The molecular weight excluding hydrogens is 1230 g/mol. The van der Waals surface area contributed by atoms with Crippen molar-refractivity contribution >= 4 is 57.8 Å². The van der Waals surface area contributed by atoms with Crippen molar-refractivity contribution in [2.24, 2.45) is 18.0 Å². The van der Waals surface area contributed by atoms with Crippen LogP contribution in [0.15, 0.2) is 131 Å². The van der Waals surface area contributed by atoms with Gasteiger partial charge >= 0.3 is 24.1 Å². The number of carbonyl (C=O) groups excluding carboxylic acids is 4. The number of anilines is 1. The average molecular weight is 1300 g/mol. The number of imidazole rings is 1. The number of halogens is 3. The van der Waals surface area contributed by atoms with E-state index < -0.39 is 47.0 Å². The molecule has 0 radical (unpaired) electrons. The van der Waals surface area contributed by atoms with Crippen LogP contribution in [0.25, 0.3) is 55.8 Å². The molecule has 494 valence electrons. The number of benzene rings is 5. The van der Waals surface area contributed by atoms with Gasteiger partial charge in [0.15, 0.2) is 5.82 Å². The van der Waals surface area contributed by atoms with E-state index in [1.807, 2.05) is 56.3 Å². The van der Waals surface area contributed by atoms with Gasteiger partial charge in [-0.15, -0.1) is 10.2 Å². The number of nitrogens with zero attached hydrogens (tertiary/aromatic N) is 12. The third-order valence-electron chi connectivity index (χ3n) is 16.7. The first-order valence-electron chi connectivity index (χ1n) is 31.1. The van der Waals surface area contributed by atoms with Gasteiger partial charge in [0, 0.05) is 119 Å². The Morgan fingerprint density at radius 3 is 2.08 bits per heavy atom. The van der Waals surface area contributed by atoms with Gasteiger partial charge in [-0.3, -0.25) is 33.2 Å². The number of phenolic OH excluding ortho intramolecular Hbond substituents is 2. The number of methoxy groups -OCH3 is 1. The van der Waals surface area contributed by atoms with Crippen molar-refractivity contribution in [2.45, 2.75) is 72.2 Å². The number of aliphatic imine (C=N–C) groups is 1. The molecule has 4 aromatic heterocycles. The van der Waals surface area contributed by atoms with Crippen LogP contribution in [0.2, 0.25) is 0 Å². The van der Waals surface area contributed by atoms with Crippen LogP contribution in [-0.4, -0.2) is 161 Å². The number of fused-ring (bicyclic) bond motifs is 3. The molecule has 0 spiro atoms. The predicted octanol–water partition coefficient (Wildman–Crippen LogP) is 10.3. The molecule has 2 fully saturated rings. The van der Waals surface area contributed by atoms with E-state index in [-0.39, 0.29) is 84.7 Å². The lowest BCUT2D eigenvalue weighted by Gasteiger charge is -2.36. The maximum Gasteiger partial charge on any atom is 0.433 e. The Bertz CT molecular complexity index is 4450. The van der Waals surface area contributed by atoms with E-state index in [2.05, 4.69) is 35.4 Å². The fourth-order valence-corrected chi connectivity index (χ4v) is 11.8. The summed E-state index contributed by atoms with van der Waals surface area (Å²) in [5.74, 6) is -1.13. The number of rotatable bonds is 16. The molecule has 11 rings (SSSR count). The molecule has 2 aliphatic heterocycles. The van der Waals surface area contributed by atoms with Crippen molar-refractivity contribution in [3.05, 3.63) is 160 Å². The smallest absolute Gasteiger partial charge is 0.433 e. The number of aromatic hydroxyl groups is 2. The number of aromatic nitrogens is 7. The quantitative estimate of drug-likeness (QED) is 0.0760. The Kier molecular flexibility index (Phi) is 18.8. The summed E-state index contributed by atoms with van der Waals surface area (Å²) in [6.45, 7) is 13.6. The molecule has 4 amide bonds.